The summed E-state index contributed by atoms with van der Waals surface area (Å²) in [6.07, 6.45) is 1.99. The first-order valence-electron chi connectivity index (χ1n) is 5.71. The van der Waals surface area contributed by atoms with Gasteiger partial charge in [-0.25, -0.2) is 4.39 Å². The van der Waals surface area contributed by atoms with Crippen LogP contribution in [0, 0.1) is 12.7 Å². The Labute approximate surface area is 112 Å². The minimum Gasteiger partial charge on any atom is -0.364 e. The second-order valence-electron chi connectivity index (χ2n) is 4.00. The predicted octanol–water partition coefficient (Wildman–Crippen LogP) is 3.38. The van der Waals surface area contributed by atoms with Crippen LogP contribution in [0.2, 0.25) is 0 Å². The zero-order valence-corrected chi connectivity index (χ0v) is 11.3. The van der Waals surface area contributed by atoms with Crippen LogP contribution in [0.3, 0.4) is 0 Å². The van der Waals surface area contributed by atoms with Gasteiger partial charge in [-0.05, 0) is 31.5 Å². The fourth-order valence-electron chi connectivity index (χ4n) is 1.69. The van der Waals surface area contributed by atoms with Gasteiger partial charge in [0.15, 0.2) is 5.82 Å². The zero-order valence-electron chi connectivity index (χ0n) is 10.5. The summed E-state index contributed by atoms with van der Waals surface area (Å²) in [5, 5.41) is 7.59. The molecule has 5 heteroatoms. The lowest BCUT2D eigenvalue weighted by Gasteiger charge is -2.04. The van der Waals surface area contributed by atoms with Crippen LogP contribution in [-0.4, -0.2) is 9.78 Å². The minimum atomic E-state index is -0.208. The Morgan fingerprint density at radius 1 is 1.39 bits per heavy atom. The lowest BCUT2D eigenvalue weighted by molar-refractivity contribution is 0.625. The Bertz CT molecular complexity index is 511. The minimum absolute atomic E-state index is 0. The average Bonchev–Trinajstić information content (AvgIpc) is 2.68. The molecular formula is C13H17ClFN3. The molecule has 0 aliphatic rings. The highest BCUT2D eigenvalue weighted by Crippen LogP contribution is 2.13. The highest BCUT2D eigenvalue weighted by molar-refractivity contribution is 5.85. The fraction of sp³-hybridized carbons (Fsp3) is 0.308. The van der Waals surface area contributed by atoms with E-state index >= 15 is 0 Å². The normalized spacial score (nSPS) is 9.94. The summed E-state index contributed by atoms with van der Waals surface area (Å²) < 4.78 is 14.9. The third-order valence-electron chi connectivity index (χ3n) is 2.62. The number of nitrogens with zero attached hydrogens (tertiary/aromatic N) is 2. The topological polar surface area (TPSA) is 29.9 Å². The van der Waals surface area contributed by atoms with Gasteiger partial charge in [0.2, 0.25) is 0 Å². The number of aromatic nitrogens is 2. The molecule has 0 radical (unpaired) electrons. The van der Waals surface area contributed by atoms with E-state index in [9.17, 15) is 4.39 Å². The predicted molar refractivity (Wildman–Crippen MR) is 73.6 cm³/mol. The third-order valence-corrected chi connectivity index (χ3v) is 2.62. The highest BCUT2D eigenvalue weighted by atomic mass is 35.5. The van der Waals surface area contributed by atoms with Crippen molar-refractivity contribution in [2.75, 3.05) is 5.32 Å². The van der Waals surface area contributed by atoms with E-state index in [4.69, 9.17) is 0 Å². The molecule has 0 saturated carbocycles. The van der Waals surface area contributed by atoms with Gasteiger partial charge in [-0.3, -0.25) is 4.68 Å². The van der Waals surface area contributed by atoms with Crippen LogP contribution in [0.1, 0.15) is 18.1 Å². The number of benzene rings is 1. The Morgan fingerprint density at radius 3 is 2.78 bits per heavy atom. The lowest BCUT2D eigenvalue weighted by Crippen LogP contribution is -2.02. The summed E-state index contributed by atoms with van der Waals surface area (Å²) in [5.41, 5.74) is 2.01. The van der Waals surface area contributed by atoms with Gasteiger partial charge in [0, 0.05) is 24.8 Å². The SMILES string of the molecule is CCn1cc(C)c(NCc2cccc(F)c2)n1.Cl. The molecule has 0 aliphatic heterocycles. The van der Waals surface area contributed by atoms with E-state index < -0.39 is 0 Å². The Balaban J connectivity index is 0.00000162. The Morgan fingerprint density at radius 2 is 2.17 bits per heavy atom. The molecule has 0 atom stereocenters. The standard InChI is InChI=1S/C13H16FN3.ClH/c1-3-17-9-10(2)13(16-17)15-8-11-5-4-6-12(14)7-11;/h4-7,9H,3,8H2,1-2H3,(H,15,16);1H. The molecule has 0 unspecified atom stereocenters. The highest BCUT2D eigenvalue weighted by Gasteiger charge is 2.03. The molecule has 98 valence electrons. The van der Waals surface area contributed by atoms with Gasteiger partial charge < -0.3 is 5.32 Å². The molecule has 2 rings (SSSR count). The van der Waals surface area contributed by atoms with Crippen molar-refractivity contribution in [3.63, 3.8) is 0 Å². The lowest BCUT2D eigenvalue weighted by atomic mass is 10.2. The molecule has 1 N–H and O–H groups in total. The largest absolute Gasteiger partial charge is 0.364 e. The summed E-state index contributed by atoms with van der Waals surface area (Å²) in [7, 11) is 0. The van der Waals surface area contributed by atoms with Crippen LogP contribution in [0.25, 0.3) is 0 Å². The van der Waals surface area contributed by atoms with Crippen molar-refractivity contribution < 1.29 is 4.39 Å². The van der Waals surface area contributed by atoms with E-state index in [2.05, 4.69) is 10.4 Å². The molecule has 3 nitrogen and oxygen atoms in total. The van der Waals surface area contributed by atoms with Gasteiger partial charge >= 0.3 is 0 Å². The number of halogens is 2. The van der Waals surface area contributed by atoms with E-state index in [1.807, 2.05) is 30.8 Å². The molecule has 1 heterocycles. The molecule has 2 aromatic rings. The van der Waals surface area contributed by atoms with E-state index in [0.29, 0.717) is 6.54 Å². The summed E-state index contributed by atoms with van der Waals surface area (Å²) in [6, 6.07) is 6.58. The number of hydrogen-bond donors (Lipinski definition) is 1. The monoisotopic (exact) mass is 269 g/mol. The van der Waals surface area contributed by atoms with Gasteiger partial charge in [-0.2, -0.15) is 5.10 Å². The molecule has 0 spiro atoms. The van der Waals surface area contributed by atoms with Crippen LogP contribution in [0.5, 0.6) is 0 Å². The second kappa shape index (κ2) is 6.40. The van der Waals surface area contributed by atoms with E-state index in [1.165, 1.54) is 12.1 Å². The molecular weight excluding hydrogens is 253 g/mol. The number of hydrogen-bond acceptors (Lipinski definition) is 2. The van der Waals surface area contributed by atoms with Crippen molar-refractivity contribution in [1.82, 2.24) is 9.78 Å². The van der Waals surface area contributed by atoms with Gasteiger partial charge in [-0.1, -0.05) is 12.1 Å². The maximum atomic E-state index is 13.0. The second-order valence-corrected chi connectivity index (χ2v) is 4.00. The molecule has 0 aliphatic carbocycles. The first kappa shape index (κ1) is 14.5. The third kappa shape index (κ3) is 3.47. The van der Waals surface area contributed by atoms with Crippen LogP contribution < -0.4 is 5.32 Å². The Kier molecular flexibility index (Phi) is 5.16. The smallest absolute Gasteiger partial charge is 0.151 e. The first-order valence-corrected chi connectivity index (χ1v) is 5.71. The average molecular weight is 270 g/mol. The van der Waals surface area contributed by atoms with Crippen molar-refractivity contribution in [3.8, 4) is 0 Å². The molecule has 0 amide bonds. The summed E-state index contributed by atoms with van der Waals surface area (Å²) >= 11 is 0. The number of aryl methyl sites for hydroxylation is 2. The Hall–Kier alpha value is -1.55. The summed E-state index contributed by atoms with van der Waals surface area (Å²) in [5.74, 6) is 0.649. The summed E-state index contributed by atoms with van der Waals surface area (Å²) in [6.45, 7) is 5.48. The molecule has 1 aromatic heterocycles. The fourth-order valence-corrected chi connectivity index (χ4v) is 1.69. The quantitative estimate of drug-likeness (QED) is 0.922. The molecule has 18 heavy (non-hydrogen) atoms. The van der Waals surface area contributed by atoms with E-state index in [1.54, 1.807) is 6.07 Å². The van der Waals surface area contributed by atoms with Crippen molar-refractivity contribution in [2.45, 2.75) is 26.9 Å². The van der Waals surface area contributed by atoms with E-state index in [0.717, 1.165) is 23.5 Å². The van der Waals surface area contributed by atoms with Crippen molar-refractivity contribution in [2.24, 2.45) is 0 Å². The molecule has 0 saturated heterocycles. The number of rotatable bonds is 4. The van der Waals surface area contributed by atoms with Crippen molar-refractivity contribution in [1.29, 1.82) is 0 Å². The van der Waals surface area contributed by atoms with E-state index in [-0.39, 0.29) is 18.2 Å². The van der Waals surface area contributed by atoms with Gasteiger partial charge in [0.1, 0.15) is 5.82 Å². The van der Waals surface area contributed by atoms with Crippen LogP contribution in [0.15, 0.2) is 30.5 Å². The zero-order chi connectivity index (χ0) is 12.3. The van der Waals surface area contributed by atoms with Gasteiger partial charge in [-0.15, -0.1) is 12.4 Å². The van der Waals surface area contributed by atoms with Crippen molar-refractivity contribution in [3.05, 3.63) is 47.4 Å². The number of anilines is 1. The molecule has 0 fully saturated rings. The maximum absolute atomic E-state index is 13.0. The summed E-state index contributed by atoms with van der Waals surface area (Å²) in [4.78, 5) is 0. The van der Waals surface area contributed by atoms with Gasteiger partial charge in [0.25, 0.3) is 0 Å². The first-order chi connectivity index (χ1) is 8.19. The van der Waals surface area contributed by atoms with Gasteiger partial charge in [0.05, 0.1) is 0 Å². The van der Waals surface area contributed by atoms with Crippen LogP contribution in [0.4, 0.5) is 10.2 Å². The van der Waals surface area contributed by atoms with Crippen LogP contribution >= 0.6 is 12.4 Å². The maximum Gasteiger partial charge on any atom is 0.151 e. The van der Waals surface area contributed by atoms with Crippen molar-refractivity contribution >= 4 is 18.2 Å². The number of nitrogens with one attached hydrogen (secondary N) is 1. The molecule has 0 bridgehead atoms. The molecule has 1 aromatic carbocycles. The van der Waals surface area contributed by atoms with Crippen LogP contribution in [-0.2, 0) is 13.1 Å².